The molecule has 0 aliphatic rings. The molecule has 2 aromatic rings. The second-order valence-corrected chi connectivity index (χ2v) is 3.78. The second kappa shape index (κ2) is 5.14. The SMILES string of the molecule is O=[N+]([O-])c1cccc(C=Cc2cccc(O)c2)c1. The minimum Gasteiger partial charge on any atom is -0.508 e. The lowest BCUT2D eigenvalue weighted by Gasteiger charge is -1.96. The highest BCUT2D eigenvalue weighted by molar-refractivity contribution is 5.71. The lowest BCUT2D eigenvalue weighted by molar-refractivity contribution is -0.384. The zero-order valence-corrected chi connectivity index (χ0v) is 9.48. The van der Waals surface area contributed by atoms with E-state index in [0.717, 1.165) is 11.1 Å². The van der Waals surface area contributed by atoms with Gasteiger partial charge in [0, 0.05) is 12.1 Å². The van der Waals surface area contributed by atoms with Gasteiger partial charge < -0.3 is 5.11 Å². The fraction of sp³-hybridized carbons (Fsp3) is 0. The highest BCUT2D eigenvalue weighted by atomic mass is 16.6. The molecular formula is C14H11NO3. The Hall–Kier alpha value is -2.62. The van der Waals surface area contributed by atoms with Crippen molar-refractivity contribution in [2.45, 2.75) is 0 Å². The second-order valence-electron chi connectivity index (χ2n) is 3.78. The third-order valence-electron chi connectivity index (χ3n) is 2.42. The topological polar surface area (TPSA) is 63.4 Å². The van der Waals surface area contributed by atoms with E-state index in [9.17, 15) is 15.2 Å². The van der Waals surface area contributed by atoms with Gasteiger partial charge in [-0.15, -0.1) is 0 Å². The van der Waals surface area contributed by atoms with E-state index < -0.39 is 4.92 Å². The number of phenolic OH excluding ortho intramolecular Hbond substituents is 1. The molecule has 0 radical (unpaired) electrons. The molecule has 0 spiro atoms. The highest BCUT2D eigenvalue weighted by Crippen LogP contribution is 2.17. The molecule has 1 N–H and O–H groups in total. The van der Waals surface area contributed by atoms with E-state index in [2.05, 4.69) is 0 Å². The number of hydrogen-bond acceptors (Lipinski definition) is 3. The van der Waals surface area contributed by atoms with Crippen molar-refractivity contribution in [3.63, 3.8) is 0 Å². The molecule has 4 heteroatoms. The van der Waals surface area contributed by atoms with E-state index in [0.29, 0.717) is 0 Å². The zero-order chi connectivity index (χ0) is 13.0. The lowest BCUT2D eigenvalue weighted by atomic mass is 10.1. The molecule has 0 atom stereocenters. The monoisotopic (exact) mass is 241 g/mol. The average Bonchev–Trinajstić information content (AvgIpc) is 2.37. The van der Waals surface area contributed by atoms with Crippen LogP contribution in [0.4, 0.5) is 5.69 Å². The predicted molar refractivity (Wildman–Crippen MR) is 70.1 cm³/mol. The minimum absolute atomic E-state index is 0.0630. The fourth-order valence-electron chi connectivity index (χ4n) is 1.56. The molecule has 0 fully saturated rings. The first-order valence-electron chi connectivity index (χ1n) is 5.37. The van der Waals surface area contributed by atoms with Crippen LogP contribution in [-0.2, 0) is 0 Å². The van der Waals surface area contributed by atoms with Gasteiger partial charge in [-0.1, -0.05) is 36.4 Å². The smallest absolute Gasteiger partial charge is 0.270 e. The van der Waals surface area contributed by atoms with Crippen molar-refractivity contribution in [1.29, 1.82) is 0 Å². The molecule has 0 aliphatic heterocycles. The van der Waals surface area contributed by atoms with Crippen molar-refractivity contribution < 1.29 is 10.0 Å². The molecule has 0 unspecified atom stereocenters. The van der Waals surface area contributed by atoms with E-state index in [1.807, 2.05) is 6.07 Å². The van der Waals surface area contributed by atoms with Crippen molar-refractivity contribution in [2.75, 3.05) is 0 Å². The Morgan fingerprint density at radius 2 is 1.61 bits per heavy atom. The number of nitro groups is 1. The first kappa shape index (κ1) is 11.9. The molecule has 0 aliphatic carbocycles. The van der Waals surface area contributed by atoms with Gasteiger partial charge in [0.25, 0.3) is 5.69 Å². The van der Waals surface area contributed by atoms with Gasteiger partial charge in [-0.25, -0.2) is 0 Å². The first-order chi connectivity index (χ1) is 8.65. The van der Waals surface area contributed by atoms with Crippen molar-refractivity contribution in [3.05, 3.63) is 69.8 Å². The summed E-state index contributed by atoms with van der Waals surface area (Å²) in [6.45, 7) is 0. The lowest BCUT2D eigenvalue weighted by Crippen LogP contribution is -1.87. The number of nitro benzene ring substituents is 1. The molecule has 0 saturated heterocycles. The highest BCUT2D eigenvalue weighted by Gasteiger charge is 2.03. The van der Waals surface area contributed by atoms with Crippen LogP contribution < -0.4 is 0 Å². The normalized spacial score (nSPS) is 10.7. The Bertz CT molecular complexity index is 605. The van der Waals surface area contributed by atoms with Crippen LogP contribution in [0.3, 0.4) is 0 Å². The number of hydrogen-bond donors (Lipinski definition) is 1. The number of phenols is 1. The summed E-state index contributed by atoms with van der Waals surface area (Å²) >= 11 is 0. The van der Waals surface area contributed by atoms with Crippen LogP contribution in [0.15, 0.2) is 48.5 Å². The van der Waals surface area contributed by atoms with E-state index in [1.54, 1.807) is 42.5 Å². The van der Waals surface area contributed by atoms with Gasteiger partial charge in [0.1, 0.15) is 5.75 Å². The van der Waals surface area contributed by atoms with Gasteiger partial charge >= 0.3 is 0 Å². The Kier molecular flexibility index (Phi) is 3.38. The molecule has 0 amide bonds. The standard InChI is InChI=1S/C14H11NO3/c16-14-6-2-4-12(10-14)8-7-11-3-1-5-13(9-11)15(17)18/h1-10,16H. The first-order valence-corrected chi connectivity index (χ1v) is 5.37. The molecule has 2 rings (SSSR count). The summed E-state index contributed by atoms with van der Waals surface area (Å²) in [5, 5.41) is 19.9. The number of nitrogens with zero attached hydrogens (tertiary/aromatic N) is 1. The Morgan fingerprint density at radius 3 is 2.22 bits per heavy atom. The number of benzene rings is 2. The summed E-state index contributed by atoms with van der Waals surface area (Å²) in [7, 11) is 0. The quantitative estimate of drug-likeness (QED) is 0.508. The fourth-order valence-corrected chi connectivity index (χ4v) is 1.56. The predicted octanol–water partition coefficient (Wildman–Crippen LogP) is 3.47. The van der Waals surface area contributed by atoms with E-state index in [-0.39, 0.29) is 11.4 Å². The zero-order valence-electron chi connectivity index (χ0n) is 9.48. The van der Waals surface area contributed by atoms with Crippen LogP contribution in [0.2, 0.25) is 0 Å². The molecule has 18 heavy (non-hydrogen) atoms. The van der Waals surface area contributed by atoms with Crippen molar-refractivity contribution in [1.82, 2.24) is 0 Å². The molecular weight excluding hydrogens is 230 g/mol. The van der Waals surface area contributed by atoms with Gasteiger partial charge in [-0.3, -0.25) is 10.1 Å². The van der Waals surface area contributed by atoms with E-state index in [1.165, 1.54) is 12.1 Å². The summed E-state index contributed by atoms with van der Waals surface area (Å²) in [5.74, 6) is 0.191. The third-order valence-corrected chi connectivity index (χ3v) is 2.42. The molecule has 90 valence electrons. The maximum absolute atomic E-state index is 10.6. The minimum atomic E-state index is -0.425. The molecule has 0 heterocycles. The molecule has 2 aromatic carbocycles. The summed E-state index contributed by atoms with van der Waals surface area (Å²) in [6.07, 6.45) is 3.56. The van der Waals surface area contributed by atoms with Crippen LogP contribution in [-0.4, -0.2) is 10.0 Å². The number of non-ortho nitro benzene ring substituents is 1. The van der Waals surface area contributed by atoms with Gasteiger partial charge in [0.05, 0.1) is 4.92 Å². The van der Waals surface area contributed by atoms with Crippen LogP contribution in [0.25, 0.3) is 12.2 Å². The Labute approximate surface area is 104 Å². The molecule has 0 aromatic heterocycles. The van der Waals surface area contributed by atoms with Crippen molar-refractivity contribution in [2.24, 2.45) is 0 Å². The summed E-state index contributed by atoms with van der Waals surface area (Å²) in [4.78, 5) is 10.2. The van der Waals surface area contributed by atoms with Crippen molar-refractivity contribution in [3.8, 4) is 5.75 Å². The number of aromatic hydroxyl groups is 1. The maximum Gasteiger partial charge on any atom is 0.270 e. The van der Waals surface area contributed by atoms with E-state index in [4.69, 9.17) is 0 Å². The van der Waals surface area contributed by atoms with Crippen LogP contribution in [0.1, 0.15) is 11.1 Å². The molecule has 4 nitrogen and oxygen atoms in total. The van der Waals surface area contributed by atoms with Gasteiger partial charge in [-0.05, 0) is 23.3 Å². The summed E-state index contributed by atoms with van der Waals surface area (Å²) in [5.41, 5.74) is 1.64. The van der Waals surface area contributed by atoms with Gasteiger partial charge in [0.15, 0.2) is 0 Å². The molecule has 0 bridgehead atoms. The van der Waals surface area contributed by atoms with E-state index >= 15 is 0 Å². The largest absolute Gasteiger partial charge is 0.508 e. The van der Waals surface area contributed by atoms with Crippen molar-refractivity contribution >= 4 is 17.8 Å². The summed E-state index contributed by atoms with van der Waals surface area (Å²) in [6, 6.07) is 13.2. The van der Waals surface area contributed by atoms with Gasteiger partial charge in [0.2, 0.25) is 0 Å². The number of rotatable bonds is 3. The van der Waals surface area contributed by atoms with Crippen LogP contribution in [0, 0.1) is 10.1 Å². The third kappa shape index (κ3) is 2.95. The molecule has 0 saturated carbocycles. The Balaban J connectivity index is 2.23. The Morgan fingerprint density at radius 1 is 1.00 bits per heavy atom. The van der Waals surface area contributed by atoms with Crippen LogP contribution in [0.5, 0.6) is 5.75 Å². The van der Waals surface area contributed by atoms with Crippen LogP contribution >= 0.6 is 0 Å². The average molecular weight is 241 g/mol. The maximum atomic E-state index is 10.6. The van der Waals surface area contributed by atoms with Gasteiger partial charge in [-0.2, -0.15) is 0 Å². The summed E-state index contributed by atoms with van der Waals surface area (Å²) < 4.78 is 0.